The summed E-state index contributed by atoms with van der Waals surface area (Å²) in [6.45, 7) is 4.15. The number of hydrogen-bond acceptors (Lipinski definition) is 3. The fourth-order valence-corrected chi connectivity index (χ4v) is 1.34. The number of hydrogen-bond donors (Lipinski definition) is 2. The number of amides is 1. The molecule has 0 radical (unpaired) electrons. The predicted octanol–water partition coefficient (Wildman–Crippen LogP) is 1.56. The Kier molecular flexibility index (Phi) is 4.92. The maximum atomic E-state index is 11.7. The van der Waals surface area contributed by atoms with Crippen molar-refractivity contribution in [2.75, 3.05) is 13.7 Å². The highest BCUT2D eigenvalue weighted by atomic mass is 16.5. The molecule has 98 valence electrons. The number of methoxy groups -OCH3 is 1. The lowest BCUT2D eigenvalue weighted by molar-refractivity contribution is -0.117. The quantitative estimate of drug-likeness (QED) is 0.777. The molecule has 0 aromatic heterocycles. The van der Waals surface area contributed by atoms with Gasteiger partial charge in [0.2, 0.25) is 5.91 Å². The van der Waals surface area contributed by atoms with Crippen molar-refractivity contribution in [3.05, 3.63) is 35.9 Å². The minimum Gasteiger partial charge on any atom is -0.497 e. The average Bonchev–Trinajstić information content (AvgIpc) is 2.36. The molecule has 0 fully saturated rings. The van der Waals surface area contributed by atoms with Crippen LogP contribution in [-0.2, 0) is 4.79 Å². The van der Waals surface area contributed by atoms with E-state index in [1.807, 2.05) is 38.1 Å². The van der Waals surface area contributed by atoms with E-state index in [9.17, 15) is 4.79 Å². The minimum atomic E-state index is -0.393. The molecule has 18 heavy (non-hydrogen) atoms. The van der Waals surface area contributed by atoms with Crippen LogP contribution >= 0.6 is 0 Å². The van der Waals surface area contributed by atoms with Gasteiger partial charge in [-0.25, -0.2) is 0 Å². The van der Waals surface area contributed by atoms with Crippen LogP contribution in [0.5, 0.6) is 5.75 Å². The van der Waals surface area contributed by atoms with Gasteiger partial charge in [0.25, 0.3) is 0 Å². The molecule has 0 bridgehead atoms. The largest absolute Gasteiger partial charge is 0.497 e. The lowest BCUT2D eigenvalue weighted by atomic mass is 10.1. The Morgan fingerprint density at radius 1 is 1.50 bits per heavy atom. The van der Waals surface area contributed by atoms with Crippen molar-refractivity contribution >= 4 is 12.0 Å². The van der Waals surface area contributed by atoms with Gasteiger partial charge in [0.1, 0.15) is 5.75 Å². The van der Waals surface area contributed by atoms with E-state index in [-0.39, 0.29) is 5.91 Å². The number of carbonyl (C=O) groups excluding carboxylic acids is 1. The molecule has 1 rings (SSSR count). The van der Waals surface area contributed by atoms with Gasteiger partial charge in [0.15, 0.2) is 0 Å². The van der Waals surface area contributed by atoms with E-state index in [2.05, 4.69) is 5.32 Å². The molecule has 4 heteroatoms. The Morgan fingerprint density at radius 2 is 2.22 bits per heavy atom. The Labute approximate surface area is 108 Å². The Morgan fingerprint density at radius 3 is 2.83 bits per heavy atom. The molecule has 0 aliphatic heterocycles. The molecule has 0 aliphatic rings. The van der Waals surface area contributed by atoms with Crippen LogP contribution in [0.4, 0.5) is 0 Å². The Bertz CT molecular complexity index is 439. The van der Waals surface area contributed by atoms with E-state index >= 15 is 0 Å². The summed E-state index contributed by atoms with van der Waals surface area (Å²) in [7, 11) is 1.61. The van der Waals surface area contributed by atoms with Crippen LogP contribution in [0, 0.1) is 0 Å². The van der Waals surface area contributed by atoms with Gasteiger partial charge in [-0.15, -0.1) is 0 Å². The second-order valence-electron chi connectivity index (χ2n) is 4.69. The normalized spacial score (nSPS) is 11.6. The zero-order valence-electron chi connectivity index (χ0n) is 11.1. The van der Waals surface area contributed by atoms with Crippen molar-refractivity contribution in [2.45, 2.75) is 19.4 Å². The van der Waals surface area contributed by atoms with Crippen LogP contribution in [0.2, 0.25) is 0 Å². The van der Waals surface area contributed by atoms with Crippen molar-refractivity contribution < 1.29 is 9.53 Å². The van der Waals surface area contributed by atoms with Gasteiger partial charge in [-0.3, -0.25) is 4.79 Å². The SMILES string of the molecule is COc1cccc(/C=C/C(=O)NC(C)(C)CN)c1. The second-order valence-corrected chi connectivity index (χ2v) is 4.69. The predicted molar refractivity (Wildman–Crippen MR) is 73.3 cm³/mol. The lowest BCUT2D eigenvalue weighted by Crippen LogP contribution is -2.48. The highest BCUT2D eigenvalue weighted by Gasteiger charge is 2.16. The van der Waals surface area contributed by atoms with Crippen molar-refractivity contribution in [1.82, 2.24) is 5.32 Å². The summed E-state index contributed by atoms with van der Waals surface area (Å²) in [5, 5.41) is 2.82. The molecule has 0 aliphatic carbocycles. The first-order valence-electron chi connectivity index (χ1n) is 5.81. The van der Waals surface area contributed by atoms with Gasteiger partial charge < -0.3 is 15.8 Å². The molecule has 3 N–H and O–H groups in total. The zero-order chi connectivity index (χ0) is 13.6. The van der Waals surface area contributed by atoms with Crippen LogP contribution in [0.25, 0.3) is 6.08 Å². The summed E-state index contributed by atoms with van der Waals surface area (Å²) < 4.78 is 5.11. The molecule has 1 amide bonds. The minimum absolute atomic E-state index is 0.159. The summed E-state index contributed by atoms with van der Waals surface area (Å²) in [5.41, 5.74) is 6.06. The van der Waals surface area contributed by atoms with Crippen molar-refractivity contribution in [3.8, 4) is 5.75 Å². The molecule has 0 saturated heterocycles. The van der Waals surface area contributed by atoms with Crippen molar-refractivity contribution in [1.29, 1.82) is 0 Å². The van der Waals surface area contributed by atoms with Gasteiger partial charge in [-0.05, 0) is 37.6 Å². The fraction of sp³-hybridized carbons (Fsp3) is 0.357. The van der Waals surface area contributed by atoms with Gasteiger partial charge in [-0.1, -0.05) is 12.1 Å². The van der Waals surface area contributed by atoms with E-state index in [1.54, 1.807) is 13.2 Å². The lowest BCUT2D eigenvalue weighted by Gasteiger charge is -2.23. The first-order chi connectivity index (χ1) is 8.46. The van der Waals surface area contributed by atoms with E-state index in [0.29, 0.717) is 6.54 Å². The molecule has 4 nitrogen and oxygen atoms in total. The van der Waals surface area contributed by atoms with Gasteiger partial charge in [0, 0.05) is 18.2 Å². The first-order valence-corrected chi connectivity index (χ1v) is 5.81. The molecule has 1 aromatic carbocycles. The number of nitrogens with one attached hydrogen (secondary N) is 1. The van der Waals surface area contributed by atoms with Gasteiger partial charge in [0.05, 0.1) is 7.11 Å². The maximum absolute atomic E-state index is 11.7. The molecule has 1 aromatic rings. The van der Waals surface area contributed by atoms with Crippen molar-refractivity contribution in [3.63, 3.8) is 0 Å². The zero-order valence-corrected chi connectivity index (χ0v) is 11.1. The molecule has 0 heterocycles. The third kappa shape index (κ3) is 4.59. The van der Waals surface area contributed by atoms with Crippen LogP contribution < -0.4 is 15.8 Å². The number of rotatable bonds is 5. The Balaban J connectivity index is 2.66. The Hall–Kier alpha value is -1.81. The molecule has 0 unspecified atom stereocenters. The van der Waals surface area contributed by atoms with Gasteiger partial charge in [-0.2, -0.15) is 0 Å². The fourth-order valence-electron chi connectivity index (χ4n) is 1.34. The van der Waals surface area contributed by atoms with Gasteiger partial charge >= 0.3 is 0 Å². The summed E-state index contributed by atoms with van der Waals surface area (Å²) in [5.74, 6) is 0.605. The van der Waals surface area contributed by atoms with Crippen LogP contribution in [0.3, 0.4) is 0 Å². The molecule has 0 atom stereocenters. The van der Waals surface area contributed by atoms with E-state index < -0.39 is 5.54 Å². The highest BCUT2D eigenvalue weighted by Crippen LogP contribution is 2.13. The summed E-state index contributed by atoms with van der Waals surface area (Å²) in [6, 6.07) is 7.49. The standard InChI is InChI=1S/C14H20N2O2/c1-14(2,10-15)16-13(17)8-7-11-5-4-6-12(9-11)18-3/h4-9H,10,15H2,1-3H3,(H,16,17)/b8-7+. The van der Waals surface area contributed by atoms with E-state index in [1.165, 1.54) is 6.08 Å². The summed E-state index contributed by atoms with van der Waals surface area (Å²) in [6.07, 6.45) is 3.23. The molecule has 0 spiro atoms. The highest BCUT2D eigenvalue weighted by molar-refractivity contribution is 5.92. The molecular formula is C14H20N2O2. The van der Waals surface area contributed by atoms with Crippen LogP contribution in [0.1, 0.15) is 19.4 Å². The molecular weight excluding hydrogens is 228 g/mol. The topological polar surface area (TPSA) is 64.3 Å². The van der Waals surface area contributed by atoms with Crippen LogP contribution in [-0.4, -0.2) is 25.1 Å². The maximum Gasteiger partial charge on any atom is 0.244 e. The first kappa shape index (κ1) is 14.3. The third-order valence-electron chi connectivity index (χ3n) is 2.49. The molecule has 0 saturated carbocycles. The smallest absolute Gasteiger partial charge is 0.244 e. The average molecular weight is 248 g/mol. The van der Waals surface area contributed by atoms with Crippen LogP contribution in [0.15, 0.2) is 30.3 Å². The second kappa shape index (κ2) is 6.21. The summed E-state index contributed by atoms with van der Waals surface area (Å²) in [4.78, 5) is 11.7. The number of benzene rings is 1. The summed E-state index contributed by atoms with van der Waals surface area (Å²) >= 11 is 0. The van der Waals surface area contributed by atoms with E-state index in [0.717, 1.165) is 11.3 Å². The van der Waals surface area contributed by atoms with Crippen molar-refractivity contribution in [2.24, 2.45) is 5.73 Å². The number of carbonyl (C=O) groups is 1. The van der Waals surface area contributed by atoms with E-state index in [4.69, 9.17) is 10.5 Å². The third-order valence-corrected chi connectivity index (χ3v) is 2.49. The number of nitrogens with two attached hydrogens (primary N) is 1. The monoisotopic (exact) mass is 248 g/mol. The number of ether oxygens (including phenoxy) is 1.